The number of benzene rings is 2. The molecule has 2 aromatic rings. The summed E-state index contributed by atoms with van der Waals surface area (Å²) in [7, 11) is 1.57. The molecule has 1 amide bonds. The van der Waals surface area contributed by atoms with Gasteiger partial charge in [0.1, 0.15) is 11.5 Å². The highest BCUT2D eigenvalue weighted by atomic mass is 16.5. The highest BCUT2D eigenvalue weighted by Gasteiger charge is 2.46. The Morgan fingerprint density at radius 2 is 1.60 bits per heavy atom. The Morgan fingerprint density at radius 3 is 2.30 bits per heavy atom. The van der Waals surface area contributed by atoms with Gasteiger partial charge >= 0.3 is 0 Å². The zero-order valence-electron chi connectivity index (χ0n) is 25.8. The number of morpholine rings is 1. The molecule has 2 heterocycles. The Kier molecular flexibility index (Phi) is 12.3. The number of nitrogens with zero attached hydrogens (tertiary/aromatic N) is 2. The zero-order chi connectivity index (χ0) is 30.6. The second-order valence-corrected chi connectivity index (χ2v) is 11.0. The van der Waals surface area contributed by atoms with Crippen LogP contribution >= 0.6 is 0 Å². The minimum absolute atomic E-state index is 0.0645. The maximum absolute atomic E-state index is 13.5. The first kappa shape index (κ1) is 32.4. The average Bonchev–Trinajstić information content (AvgIpc) is 3.29. The van der Waals surface area contributed by atoms with Crippen LogP contribution in [0.25, 0.3) is 5.76 Å². The standard InChI is InChI=1S/C34H46N2O7/c1-4-6-8-21-43-28-15-12-26(24-29(28)40-3)31-30(32(37)25-10-13-27(14-11-25)42-20-7-5-2)33(38)34(39)36(31)17-9-16-35-18-22-41-23-19-35/h10-15,24,31,37H,4-9,16-23H2,1-3H3. The Labute approximate surface area is 255 Å². The lowest BCUT2D eigenvalue weighted by Gasteiger charge is -2.29. The molecular weight excluding hydrogens is 548 g/mol. The average molecular weight is 595 g/mol. The van der Waals surface area contributed by atoms with Crippen LogP contribution < -0.4 is 14.2 Å². The molecule has 9 nitrogen and oxygen atoms in total. The summed E-state index contributed by atoms with van der Waals surface area (Å²) in [6, 6.07) is 11.7. The Hall–Kier alpha value is -3.56. The minimum atomic E-state index is -0.770. The summed E-state index contributed by atoms with van der Waals surface area (Å²) >= 11 is 0. The Bertz CT molecular complexity index is 1240. The van der Waals surface area contributed by atoms with Gasteiger partial charge in [-0.3, -0.25) is 14.5 Å². The van der Waals surface area contributed by atoms with Crippen molar-refractivity contribution in [1.82, 2.24) is 9.80 Å². The molecular formula is C34H46N2O7. The third kappa shape index (κ3) is 8.30. The lowest BCUT2D eigenvalue weighted by molar-refractivity contribution is -0.140. The fraction of sp³-hybridized carbons (Fsp3) is 0.529. The number of hydrogen-bond donors (Lipinski definition) is 1. The molecule has 2 aliphatic rings. The van der Waals surface area contributed by atoms with Gasteiger partial charge in [-0.05, 0) is 61.2 Å². The minimum Gasteiger partial charge on any atom is -0.507 e. The molecule has 234 valence electrons. The Morgan fingerprint density at radius 1 is 0.884 bits per heavy atom. The SMILES string of the molecule is CCCCCOc1ccc(C2C(=C(O)c3ccc(OCCCC)cc3)C(=O)C(=O)N2CCCN2CCOCC2)cc1OC. The van der Waals surface area contributed by atoms with Gasteiger partial charge in [0, 0.05) is 31.7 Å². The number of carbonyl (C=O) groups excluding carboxylic acids is 2. The van der Waals surface area contributed by atoms with Gasteiger partial charge < -0.3 is 29.0 Å². The van der Waals surface area contributed by atoms with Gasteiger partial charge in [0.2, 0.25) is 0 Å². The number of amides is 1. The van der Waals surface area contributed by atoms with E-state index in [1.54, 1.807) is 42.3 Å². The smallest absolute Gasteiger partial charge is 0.295 e. The molecule has 43 heavy (non-hydrogen) atoms. The number of Topliss-reactive ketones (excluding diaryl/α,β-unsaturated/α-hetero) is 1. The van der Waals surface area contributed by atoms with Gasteiger partial charge in [0.05, 0.1) is 45.2 Å². The molecule has 9 heteroatoms. The van der Waals surface area contributed by atoms with E-state index >= 15 is 0 Å². The van der Waals surface area contributed by atoms with Crippen LogP contribution in [0, 0.1) is 0 Å². The predicted molar refractivity (Wildman–Crippen MR) is 166 cm³/mol. The summed E-state index contributed by atoms with van der Waals surface area (Å²) in [5, 5.41) is 11.5. The van der Waals surface area contributed by atoms with Crippen LogP contribution in [0.2, 0.25) is 0 Å². The van der Waals surface area contributed by atoms with Crippen LogP contribution in [0.5, 0.6) is 17.2 Å². The van der Waals surface area contributed by atoms with Crippen molar-refractivity contribution in [2.75, 3.05) is 59.7 Å². The first-order valence-electron chi connectivity index (χ1n) is 15.6. The number of hydrogen-bond acceptors (Lipinski definition) is 8. The van der Waals surface area contributed by atoms with Crippen LogP contribution in [0.1, 0.15) is 69.5 Å². The normalized spacial score (nSPS) is 18.7. The van der Waals surface area contributed by atoms with Crippen LogP contribution in [0.4, 0.5) is 0 Å². The molecule has 0 saturated carbocycles. The molecule has 0 aromatic heterocycles. The van der Waals surface area contributed by atoms with Crippen LogP contribution in [-0.4, -0.2) is 86.3 Å². The molecule has 1 unspecified atom stereocenters. The summed E-state index contributed by atoms with van der Waals surface area (Å²) in [4.78, 5) is 30.9. The lowest BCUT2D eigenvalue weighted by atomic mass is 9.95. The maximum atomic E-state index is 13.5. The molecule has 2 saturated heterocycles. The van der Waals surface area contributed by atoms with Gasteiger partial charge in [0.25, 0.3) is 11.7 Å². The van der Waals surface area contributed by atoms with Crippen molar-refractivity contribution in [1.29, 1.82) is 0 Å². The predicted octanol–water partition coefficient (Wildman–Crippen LogP) is 5.59. The second-order valence-electron chi connectivity index (χ2n) is 11.0. The van der Waals surface area contributed by atoms with Crippen molar-refractivity contribution in [2.45, 2.75) is 58.4 Å². The number of likely N-dealkylation sites (tertiary alicyclic amines) is 1. The number of ether oxygens (including phenoxy) is 4. The fourth-order valence-electron chi connectivity index (χ4n) is 5.45. The van der Waals surface area contributed by atoms with Crippen molar-refractivity contribution in [3.05, 3.63) is 59.2 Å². The van der Waals surface area contributed by atoms with E-state index in [2.05, 4.69) is 18.7 Å². The quantitative estimate of drug-likeness (QED) is 0.116. The van der Waals surface area contributed by atoms with Crippen LogP contribution in [0.3, 0.4) is 0 Å². The number of methoxy groups -OCH3 is 1. The summed E-state index contributed by atoms with van der Waals surface area (Å²) < 4.78 is 22.9. The molecule has 0 bridgehead atoms. The van der Waals surface area contributed by atoms with E-state index in [9.17, 15) is 14.7 Å². The van der Waals surface area contributed by atoms with Crippen LogP contribution in [-0.2, 0) is 14.3 Å². The fourth-order valence-corrected chi connectivity index (χ4v) is 5.45. The van der Waals surface area contributed by atoms with Gasteiger partial charge in [-0.1, -0.05) is 39.2 Å². The molecule has 2 fully saturated rings. The first-order valence-corrected chi connectivity index (χ1v) is 15.6. The second kappa shape index (κ2) is 16.3. The van der Waals surface area contributed by atoms with Crippen molar-refractivity contribution >= 4 is 17.4 Å². The number of aliphatic hydroxyl groups is 1. The van der Waals surface area contributed by atoms with E-state index in [1.807, 2.05) is 12.1 Å². The molecule has 2 aliphatic heterocycles. The monoisotopic (exact) mass is 594 g/mol. The number of rotatable bonds is 16. The highest BCUT2D eigenvalue weighted by molar-refractivity contribution is 6.46. The van der Waals surface area contributed by atoms with Gasteiger partial charge in [0.15, 0.2) is 11.5 Å². The molecule has 4 rings (SSSR count). The van der Waals surface area contributed by atoms with Gasteiger partial charge in [-0.25, -0.2) is 0 Å². The van der Waals surface area contributed by atoms with E-state index in [0.717, 1.165) is 51.7 Å². The van der Waals surface area contributed by atoms with E-state index in [1.165, 1.54) is 0 Å². The first-order chi connectivity index (χ1) is 21.0. The number of unbranched alkanes of at least 4 members (excludes halogenated alkanes) is 3. The molecule has 1 atom stereocenters. The van der Waals surface area contributed by atoms with E-state index < -0.39 is 17.7 Å². The van der Waals surface area contributed by atoms with Crippen molar-refractivity contribution in [3.8, 4) is 17.2 Å². The summed E-state index contributed by atoms with van der Waals surface area (Å²) in [5.74, 6) is 0.275. The summed E-state index contributed by atoms with van der Waals surface area (Å²) in [6.45, 7) is 9.65. The molecule has 1 N–H and O–H groups in total. The summed E-state index contributed by atoms with van der Waals surface area (Å²) in [6.07, 6.45) is 5.77. The number of aliphatic hydroxyl groups excluding tert-OH is 1. The van der Waals surface area contributed by atoms with Gasteiger partial charge in [-0.15, -0.1) is 0 Å². The molecule has 0 spiro atoms. The topological polar surface area (TPSA) is 97.8 Å². The third-order valence-electron chi connectivity index (χ3n) is 7.92. The van der Waals surface area contributed by atoms with E-state index in [0.29, 0.717) is 67.8 Å². The lowest BCUT2D eigenvalue weighted by Crippen LogP contribution is -2.39. The van der Waals surface area contributed by atoms with Crippen LogP contribution in [0.15, 0.2) is 48.0 Å². The molecule has 0 radical (unpaired) electrons. The van der Waals surface area contributed by atoms with Gasteiger partial charge in [-0.2, -0.15) is 0 Å². The maximum Gasteiger partial charge on any atom is 0.295 e. The third-order valence-corrected chi connectivity index (χ3v) is 7.92. The highest BCUT2D eigenvalue weighted by Crippen LogP contribution is 2.42. The van der Waals surface area contributed by atoms with E-state index in [-0.39, 0.29) is 11.3 Å². The molecule has 0 aliphatic carbocycles. The van der Waals surface area contributed by atoms with Crippen molar-refractivity contribution < 1.29 is 33.6 Å². The Balaban J connectivity index is 1.65. The zero-order valence-corrected chi connectivity index (χ0v) is 25.8. The molecule has 2 aromatic carbocycles. The van der Waals surface area contributed by atoms with E-state index in [4.69, 9.17) is 18.9 Å². The number of ketones is 1. The van der Waals surface area contributed by atoms with Crippen molar-refractivity contribution in [2.24, 2.45) is 0 Å². The summed E-state index contributed by atoms with van der Waals surface area (Å²) in [5.41, 5.74) is 1.18. The van der Waals surface area contributed by atoms with Crippen molar-refractivity contribution in [3.63, 3.8) is 0 Å². The number of carbonyl (C=O) groups is 2. The largest absolute Gasteiger partial charge is 0.507 e.